The molecule has 0 aliphatic carbocycles. The molecule has 0 amide bonds. The number of nitrogens with zero attached hydrogens (tertiary/aromatic N) is 1. The van der Waals surface area contributed by atoms with Gasteiger partial charge in [-0.15, -0.1) is 0 Å². The average molecular weight is 304 g/mol. The van der Waals surface area contributed by atoms with Crippen LogP contribution in [-0.2, 0) is 19.1 Å². The van der Waals surface area contributed by atoms with Crippen LogP contribution in [-0.4, -0.2) is 72.4 Å². The van der Waals surface area contributed by atoms with Crippen molar-refractivity contribution in [3.8, 4) is 0 Å². The van der Waals surface area contributed by atoms with Crippen LogP contribution in [0.15, 0.2) is 0 Å². The summed E-state index contributed by atoms with van der Waals surface area (Å²) in [6.45, 7) is 11.1. The second kappa shape index (κ2) is 7.94. The van der Waals surface area contributed by atoms with Crippen molar-refractivity contribution in [2.75, 3.05) is 33.2 Å². The molecular weight excluding hydrogens is 280 g/mol. The molecule has 0 aromatic heterocycles. The van der Waals surface area contributed by atoms with Crippen LogP contribution in [0.3, 0.4) is 0 Å². The second-order valence-corrected chi connectivity index (χ2v) is 6.21. The van der Waals surface area contributed by atoms with Crippen LogP contribution in [0.1, 0.15) is 20.8 Å². The summed E-state index contributed by atoms with van der Waals surface area (Å²) in [7, 11) is 2.18. The number of aliphatic carboxylic acids is 2. The maximum absolute atomic E-state index is 9.60. The fourth-order valence-corrected chi connectivity index (χ4v) is 1.95. The van der Waals surface area contributed by atoms with Crippen molar-refractivity contribution < 1.29 is 29.3 Å². The maximum atomic E-state index is 9.60. The van der Waals surface area contributed by atoms with E-state index in [0.29, 0.717) is 6.47 Å². The van der Waals surface area contributed by atoms with Gasteiger partial charge >= 0.3 is 11.9 Å². The Bertz CT molecular complexity index is 353. The molecule has 2 aliphatic rings. The van der Waals surface area contributed by atoms with Crippen LogP contribution >= 0.6 is 0 Å². The van der Waals surface area contributed by atoms with Gasteiger partial charge in [-0.2, -0.15) is 0 Å². The van der Waals surface area contributed by atoms with Gasteiger partial charge in [0.1, 0.15) is 5.60 Å². The molecule has 0 saturated carbocycles. The topological polar surface area (TPSA) is 116 Å². The number of carboxylic acid groups (broad SMARTS) is 2. The standard InChI is InChI=1S/C6H12N2.C5H10O2.C2H2O4/c1-8-4-6(5-8)2-7-3-6;1-5(2,3)7-4-6;3-1(4)2(5)6/h7H,2-5H2,1H3;4H,1-3H3;(H,3,4)(H,5,6). The Labute approximate surface area is 124 Å². The Morgan fingerprint density at radius 1 is 1.19 bits per heavy atom. The highest BCUT2D eigenvalue weighted by Crippen LogP contribution is 2.32. The van der Waals surface area contributed by atoms with Gasteiger partial charge in [0.05, 0.1) is 0 Å². The molecular formula is C13H24N2O6. The van der Waals surface area contributed by atoms with Gasteiger partial charge in [-0.25, -0.2) is 9.59 Å². The van der Waals surface area contributed by atoms with Crippen molar-refractivity contribution in [1.29, 1.82) is 0 Å². The molecule has 0 unspecified atom stereocenters. The second-order valence-electron chi connectivity index (χ2n) is 6.21. The summed E-state index contributed by atoms with van der Waals surface area (Å²) >= 11 is 0. The first kappa shape index (κ1) is 19.3. The number of ether oxygens (including phenoxy) is 1. The van der Waals surface area contributed by atoms with Crippen molar-refractivity contribution >= 4 is 18.4 Å². The van der Waals surface area contributed by atoms with E-state index in [9.17, 15) is 4.79 Å². The van der Waals surface area contributed by atoms with Crippen LogP contribution < -0.4 is 5.32 Å². The minimum absolute atomic E-state index is 0.318. The van der Waals surface area contributed by atoms with Gasteiger partial charge in [-0.1, -0.05) is 0 Å². The van der Waals surface area contributed by atoms with Crippen LogP contribution in [0.25, 0.3) is 0 Å². The molecule has 0 atom stereocenters. The van der Waals surface area contributed by atoms with Gasteiger partial charge in [0, 0.05) is 31.6 Å². The number of hydrogen-bond donors (Lipinski definition) is 3. The number of carbonyl (C=O) groups is 3. The predicted octanol–water partition coefficient (Wildman–Crippen LogP) is -0.365. The van der Waals surface area contributed by atoms with E-state index in [-0.39, 0.29) is 5.60 Å². The SMILES string of the molecule is CC(C)(C)OC=O.CN1CC2(CNC2)C1.O=C(O)C(=O)O. The van der Waals surface area contributed by atoms with Gasteiger partial charge in [-0.3, -0.25) is 4.79 Å². The van der Waals surface area contributed by atoms with Crippen LogP contribution in [0.5, 0.6) is 0 Å². The van der Waals surface area contributed by atoms with E-state index >= 15 is 0 Å². The van der Waals surface area contributed by atoms with Crippen LogP contribution in [0.4, 0.5) is 0 Å². The summed E-state index contributed by atoms with van der Waals surface area (Å²) in [5.41, 5.74) is 0.413. The van der Waals surface area contributed by atoms with E-state index in [0.717, 1.165) is 5.41 Å². The molecule has 122 valence electrons. The molecule has 0 aromatic carbocycles. The number of hydrogen-bond acceptors (Lipinski definition) is 6. The van der Waals surface area contributed by atoms with E-state index in [2.05, 4.69) is 22.0 Å². The third kappa shape index (κ3) is 8.26. The number of likely N-dealkylation sites (tertiary alicyclic amines) is 1. The molecule has 2 rings (SSSR count). The molecule has 1 spiro atoms. The van der Waals surface area contributed by atoms with Gasteiger partial charge in [-0.05, 0) is 27.8 Å². The highest BCUT2D eigenvalue weighted by Gasteiger charge is 2.45. The molecule has 0 radical (unpaired) electrons. The average Bonchev–Trinajstić information content (AvgIpc) is 2.22. The maximum Gasteiger partial charge on any atom is 0.414 e. The van der Waals surface area contributed by atoms with Crippen LogP contribution in [0.2, 0.25) is 0 Å². The van der Waals surface area contributed by atoms with E-state index in [4.69, 9.17) is 19.8 Å². The molecule has 8 heteroatoms. The Morgan fingerprint density at radius 3 is 1.67 bits per heavy atom. The first-order valence-corrected chi connectivity index (χ1v) is 6.48. The normalized spacial score (nSPS) is 18.7. The van der Waals surface area contributed by atoms with Gasteiger partial charge in [0.25, 0.3) is 6.47 Å². The first-order chi connectivity index (χ1) is 9.51. The van der Waals surface area contributed by atoms with Crippen molar-refractivity contribution in [2.24, 2.45) is 5.41 Å². The molecule has 2 fully saturated rings. The molecule has 0 aromatic rings. The van der Waals surface area contributed by atoms with Gasteiger partial charge in [0.15, 0.2) is 0 Å². The number of rotatable bonds is 1. The fraction of sp³-hybridized carbons (Fsp3) is 0.769. The largest absolute Gasteiger partial charge is 0.473 e. The number of carboxylic acids is 2. The smallest absolute Gasteiger partial charge is 0.414 e. The fourth-order valence-electron chi connectivity index (χ4n) is 1.95. The Kier molecular flexibility index (Phi) is 7.31. The lowest BCUT2D eigenvalue weighted by atomic mass is 9.75. The quantitative estimate of drug-likeness (QED) is 0.444. The Balaban J connectivity index is 0.000000291. The molecule has 21 heavy (non-hydrogen) atoms. The zero-order valence-corrected chi connectivity index (χ0v) is 12.9. The van der Waals surface area contributed by atoms with Crippen molar-refractivity contribution in [3.05, 3.63) is 0 Å². The Hall–Kier alpha value is -1.67. The summed E-state index contributed by atoms with van der Waals surface area (Å²) in [6, 6.07) is 0. The number of carbonyl (C=O) groups excluding carboxylic acids is 1. The Morgan fingerprint density at radius 2 is 1.62 bits per heavy atom. The molecule has 8 nitrogen and oxygen atoms in total. The van der Waals surface area contributed by atoms with Gasteiger partial charge < -0.3 is 25.2 Å². The molecule has 2 heterocycles. The zero-order chi connectivity index (χ0) is 16.7. The van der Waals surface area contributed by atoms with Gasteiger partial charge in [0.2, 0.25) is 0 Å². The summed E-state index contributed by atoms with van der Waals surface area (Å²) in [6.07, 6.45) is 0. The van der Waals surface area contributed by atoms with Crippen molar-refractivity contribution in [1.82, 2.24) is 10.2 Å². The third-order valence-electron chi connectivity index (χ3n) is 2.80. The highest BCUT2D eigenvalue weighted by atomic mass is 16.5. The lowest BCUT2D eigenvalue weighted by Crippen LogP contribution is -2.69. The summed E-state index contributed by atoms with van der Waals surface area (Å²) in [5, 5.41) is 18.1. The molecule has 2 saturated heterocycles. The minimum Gasteiger partial charge on any atom is -0.473 e. The lowest BCUT2D eigenvalue weighted by molar-refractivity contribution is -0.159. The minimum atomic E-state index is -1.82. The molecule has 0 bridgehead atoms. The van der Waals surface area contributed by atoms with Crippen molar-refractivity contribution in [2.45, 2.75) is 26.4 Å². The predicted molar refractivity (Wildman–Crippen MR) is 75.0 cm³/mol. The molecule has 3 N–H and O–H groups in total. The van der Waals surface area contributed by atoms with E-state index < -0.39 is 11.9 Å². The highest BCUT2D eigenvalue weighted by molar-refractivity contribution is 6.27. The summed E-state index contributed by atoms with van der Waals surface area (Å²) in [4.78, 5) is 30.2. The monoisotopic (exact) mass is 304 g/mol. The van der Waals surface area contributed by atoms with Crippen LogP contribution in [0, 0.1) is 5.41 Å². The van der Waals surface area contributed by atoms with E-state index in [1.165, 1.54) is 26.2 Å². The number of nitrogens with one attached hydrogen (secondary N) is 1. The molecule has 2 aliphatic heterocycles. The van der Waals surface area contributed by atoms with Crippen molar-refractivity contribution in [3.63, 3.8) is 0 Å². The van der Waals surface area contributed by atoms with E-state index in [1.807, 2.05) is 20.8 Å². The first-order valence-electron chi connectivity index (χ1n) is 6.48. The zero-order valence-electron chi connectivity index (χ0n) is 12.9. The van der Waals surface area contributed by atoms with E-state index in [1.54, 1.807) is 0 Å². The summed E-state index contributed by atoms with van der Waals surface area (Å²) < 4.78 is 4.55. The third-order valence-corrected chi connectivity index (χ3v) is 2.80. The summed E-state index contributed by atoms with van der Waals surface area (Å²) in [5.74, 6) is -3.65. The lowest BCUT2D eigenvalue weighted by Gasteiger charge is -2.55.